The van der Waals surface area contributed by atoms with Gasteiger partial charge in [0, 0.05) is 44.8 Å². The van der Waals surface area contributed by atoms with Crippen LogP contribution < -0.4 is 19.5 Å². The van der Waals surface area contributed by atoms with Crippen molar-refractivity contribution in [2.45, 2.75) is 19.5 Å². The Balaban J connectivity index is 1.22. The minimum Gasteiger partial charge on any atom is -0.497 e. The fourth-order valence-corrected chi connectivity index (χ4v) is 4.34. The van der Waals surface area contributed by atoms with Gasteiger partial charge in [-0.3, -0.25) is 14.6 Å². The van der Waals surface area contributed by atoms with Gasteiger partial charge in [0.1, 0.15) is 23.5 Å². The Kier molecular flexibility index (Phi) is 8.80. The molecule has 1 aliphatic heterocycles. The highest BCUT2D eigenvalue weighted by atomic mass is 16.5. The number of rotatable bonds is 11. The number of hydrogen-bond acceptors (Lipinski definition) is 8. The Hall–Kier alpha value is -3.56. The maximum absolute atomic E-state index is 12.5. The SMILES string of the molecule is COc1ccc(OC)c(CN2CCN(Cc3nc(C(=O)NCCc4ccccc4OC)co3)CC2)c1. The maximum Gasteiger partial charge on any atom is 0.273 e. The Morgan fingerprint density at radius 1 is 0.917 bits per heavy atom. The second-order valence-corrected chi connectivity index (χ2v) is 8.67. The van der Waals surface area contributed by atoms with Crippen LogP contribution in [0.3, 0.4) is 0 Å². The summed E-state index contributed by atoms with van der Waals surface area (Å²) in [7, 11) is 5.00. The van der Waals surface area contributed by atoms with Crippen molar-refractivity contribution in [2.24, 2.45) is 0 Å². The molecule has 2 aromatic carbocycles. The van der Waals surface area contributed by atoms with Gasteiger partial charge in [0.25, 0.3) is 5.91 Å². The number of methoxy groups -OCH3 is 3. The number of nitrogens with one attached hydrogen (secondary N) is 1. The summed E-state index contributed by atoms with van der Waals surface area (Å²) in [4.78, 5) is 21.6. The first-order valence-electron chi connectivity index (χ1n) is 12.1. The number of nitrogens with zero attached hydrogens (tertiary/aromatic N) is 3. The number of amides is 1. The van der Waals surface area contributed by atoms with Gasteiger partial charge in [-0.15, -0.1) is 0 Å². The van der Waals surface area contributed by atoms with E-state index in [1.54, 1.807) is 21.3 Å². The van der Waals surface area contributed by atoms with Crippen molar-refractivity contribution in [2.75, 3.05) is 54.1 Å². The van der Waals surface area contributed by atoms with Gasteiger partial charge in [0.2, 0.25) is 5.89 Å². The molecule has 0 spiro atoms. The monoisotopic (exact) mass is 494 g/mol. The number of aromatic nitrogens is 1. The number of piperazine rings is 1. The van der Waals surface area contributed by atoms with E-state index in [0.29, 0.717) is 31.1 Å². The Morgan fingerprint density at radius 2 is 1.61 bits per heavy atom. The van der Waals surface area contributed by atoms with E-state index in [1.165, 1.54) is 6.26 Å². The van der Waals surface area contributed by atoms with Gasteiger partial charge in [0.15, 0.2) is 5.69 Å². The lowest BCUT2D eigenvalue weighted by molar-refractivity contribution is 0.0948. The molecule has 1 aliphatic rings. The zero-order chi connectivity index (χ0) is 25.3. The molecular formula is C27H34N4O5. The Morgan fingerprint density at radius 3 is 2.33 bits per heavy atom. The van der Waals surface area contributed by atoms with Crippen molar-refractivity contribution in [3.63, 3.8) is 0 Å². The van der Waals surface area contributed by atoms with E-state index in [1.807, 2.05) is 42.5 Å². The average Bonchev–Trinajstić information content (AvgIpc) is 3.38. The van der Waals surface area contributed by atoms with Gasteiger partial charge in [0.05, 0.1) is 27.9 Å². The molecule has 9 nitrogen and oxygen atoms in total. The molecule has 0 aliphatic carbocycles. The second kappa shape index (κ2) is 12.4. The first-order chi connectivity index (χ1) is 17.6. The molecule has 0 unspecified atom stereocenters. The van der Waals surface area contributed by atoms with Crippen molar-refractivity contribution in [3.8, 4) is 17.2 Å². The van der Waals surface area contributed by atoms with Crippen LogP contribution in [-0.2, 0) is 19.5 Å². The standard InChI is InChI=1S/C27H34N4O5/c1-33-22-8-9-25(35-3)21(16-22)17-30-12-14-31(15-13-30)18-26-29-23(19-36-26)27(32)28-11-10-20-6-4-5-7-24(20)34-2/h4-9,16,19H,10-15,17-18H2,1-3H3,(H,28,32). The molecule has 2 heterocycles. The molecule has 3 aromatic rings. The molecule has 1 amide bonds. The van der Waals surface area contributed by atoms with Crippen LogP contribution in [0.25, 0.3) is 0 Å². The number of oxazole rings is 1. The summed E-state index contributed by atoms with van der Waals surface area (Å²) in [6.07, 6.45) is 2.10. The van der Waals surface area contributed by atoms with Gasteiger partial charge >= 0.3 is 0 Å². The van der Waals surface area contributed by atoms with E-state index in [2.05, 4.69) is 20.1 Å². The van der Waals surface area contributed by atoms with Gasteiger partial charge in [-0.05, 0) is 36.2 Å². The number of hydrogen-bond donors (Lipinski definition) is 1. The zero-order valence-corrected chi connectivity index (χ0v) is 21.2. The molecule has 1 N–H and O–H groups in total. The predicted molar refractivity (Wildman–Crippen MR) is 136 cm³/mol. The molecule has 36 heavy (non-hydrogen) atoms. The Bertz CT molecular complexity index is 1140. The molecule has 0 saturated carbocycles. The van der Waals surface area contributed by atoms with Crippen LogP contribution in [0.1, 0.15) is 27.5 Å². The van der Waals surface area contributed by atoms with E-state index in [9.17, 15) is 4.79 Å². The number of benzene rings is 2. The minimum atomic E-state index is -0.239. The lowest BCUT2D eigenvalue weighted by Crippen LogP contribution is -2.45. The minimum absolute atomic E-state index is 0.239. The summed E-state index contributed by atoms with van der Waals surface area (Å²) in [5.41, 5.74) is 2.46. The third-order valence-electron chi connectivity index (χ3n) is 6.36. The normalized spacial score (nSPS) is 14.4. The average molecular weight is 495 g/mol. The van der Waals surface area contributed by atoms with E-state index < -0.39 is 0 Å². The highest BCUT2D eigenvalue weighted by Gasteiger charge is 2.21. The van der Waals surface area contributed by atoms with E-state index in [4.69, 9.17) is 18.6 Å². The molecule has 0 radical (unpaired) electrons. The largest absolute Gasteiger partial charge is 0.497 e. The maximum atomic E-state index is 12.5. The molecule has 0 bridgehead atoms. The quantitative estimate of drug-likeness (QED) is 0.435. The van der Waals surface area contributed by atoms with E-state index >= 15 is 0 Å². The lowest BCUT2D eigenvalue weighted by Gasteiger charge is -2.34. The molecule has 1 saturated heterocycles. The first-order valence-corrected chi connectivity index (χ1v) is 12.1. The highest BCUT2D eigenvalue weighted by Crippen LogP contribution is 2.26. The van der Waals surface area contributed by atoms with Crippen molar-refractivity contribution < 1.29 is 23.4 Å². The Labute approximate surface area is 212 Å². The molecule has 1 fully saturated rings. The van der Waals surface area contributed by atoms with Crippen LogP contribution in [0.2, 0.25) is 0 Å². The molecular weight excluding hydrogens is 460 g/mol. The molecule has 9 heteroatoms. The van der Waals surface area contributed by atoms with Crippen LogP contribution in [0.15, 0.2) is 53.1 Å². The van der Waals surface area contributed by atoms with Crippen molar-refractivity contribution in [1.29, 1.82) is 0 Å². The van der Waals surface area contributed by atoms with Gasteiger partial charge < -0.3 is 23.9 Å². The van der Waals surface area contributed by atoms with Crippen LogP contribution in [0.5, 0.6) is 17.2 Å². The summed E-state index contributed by atoms with van der Waals surface area (Å²) in [5, 5.41) is 2.91. The molecule has 4 rings (SSSR count). The summed E-state index contributed by atoms with van der Waals surface area (Å²) in [6, 6.07) is 13.7. The number of ether oxygens (including phenoxy) is 3. The second-order valence-electron chi connectivity index (χ2n) is 8.67. The number of carbonyl (C=O) groups excluding carboxylic acids is 1. The summed E-state index contributed by atoms with van der Waals surface area (Å²) in [5.74, 6) is 2.82. The van der Waals surface area contributed by atoms with Crippen LogP contribution in [-0.4, -0.2) is 74.7 Å². The highest BCUT2D eigenvalue weighted by molar-refractivity contribution is 5.91. The predicted octanol–water partition coefficient (Wildman–Crippen LogP) is 2.99. The summed E-state index contributed by atoms with van der Waals surface area (Å²) < 4.78 is 21.8. The summed E-state index contributed by atoms with van der Waals surface area (Å²) >= 11 is 0. The fraction of sp³-hybridized carbons (Fsp3) is 0.407. The van der Waals surface area contributed by atoms with Gasteiger partial charge in [-0.2, -0.15) is 0 Å². The third-order valence-corrected chi connectivity index (χ3v) is 6.36. The van der Waals surface area contributed by atoms with Crippen LogP contribution in [0, 0.1) is 0 Å². The van der Waals surface area contributed by atoms with Gasteiger partial charge in [-0.1, -0.05) is 18.2 Å². The van der Waals surface area contributed by atoms with Crippen molar-refractivity contribution in [1.82, 2.24) is 20.1 Å². The molecule has 192 valence electrons. The zero-order valence-electron chi connectivity index (χ0n) is 21.2. The van der Waals surface area contributed by atoms with Crippen molar-refractivity contribution in [3.05, 3.63) is 71.4 Å². The summed E-state index contributed by atoms with van der Waals surface area (Å²) in [6.45, 7) is 5.46. The molecule has 1 aromatic heterocycles. The van der Waals surface area contributed by atoms with Crippen molar-refractivity contribution >= 4 is 5.91 Å². The van der Waals surface area contributed by atoms with Crippen LogP contribution >= 0.6 is 0 Å². The molecule has 0 atom stereocenters. The van der Waals surface area contributed by atoms with E-state index in [0.717, 1.165) is 61.1 Å². The topological polar surface area (TPSA) is 89.3 Å². The van der Waals surface area contributed by atoms with Crippen LogP contribution in [0.4, 0.5) is 0 Å². The fourth-order valence-electron chi connectivity index (χ4n) is 4.34. The van der Waals surface area contributed by atoms with E-state index in [-0.39, 0.29) is 5.91 Å². The number of carbonyl (C=O) groups is 1. The lowest BCUT2D eigenvalue weighted by atomic mass is 10.1. The van der Waals surface area contributed by atoms with Gasteiger partial charge in [-0.25, -0.2) is 4.98 Å². The third kappa shape index (κ3) is 6.56. The number of para-hydroxylation sites is 1. The first kappa shape index (κ1) is 25.5. The smallest absolute Gasteiger partial charge is 0.273 e.